The Labute approximate surface area is 117 Å². The molecule has 0 aromatic heterocycles. The highest BCUT2D eigenvalue weighted by molar-refractivity contribution is 7.89. The summed E-state index contributed by atoms with van der Waals surface area (Å²) in [6.45, 7) is 1.63. The highest BCUT2D eigenvalue weighted by Crippen LogP contribution is 2.08. The van der Waals surface area contributed by atoms with Gasteiger partial charge in [0.25, 0.3) is 5.91 Å². The molecule has 0 spiro atoms. The number of aromatic carboxylic acids is 1. The summed E-state index contributed by atoms with van der Waals surface area (Å²) in [5.74, 6) is -1.79. The smallest absolute Gasteiger partial charge is 0.336 e. The minimum atomic E-state index is -3.30. The standard InChI is InChI=1S/C12H16N2O5S/c1-2-20(18,19)14-8-7-13-11(15)9-5-3-4-6-10(9)12(16)17/h3-6,14H,2,7-8H2,1H3,(H,13,15)(H,16,17). The van der Waals surface area contributed by atoms with Gasteiger partial charge in [0.1, 0.15) is 0 Å². The molecule has 0 aliphatic carbocycles. The molecule has 20 heavy (non-hydrogen) atoms. The van der Waals surface area contributed by atoms with Crippen molar-refractivity contribution in [2.45, 2.75) is 6.92 Å². The molecule has 1 aromatic rings. The van der Waals surface area contributed by atoms with Crippen molar-refractivity contribution >= 4 is 21.9 Å². The van der Waals surface area contributed by atoms with Gasteiger partial charge in [-0.15, -0.1) is 0 Å². The third-order valence-corrected chi connectivity index (χ3v) is 3.92. The molecule has 1 amide bonds. The summed E-state index contributed by atoms with van der Waals surface area (Å²) in [7, 11) is -3.30. The van der Waals surface area contributed by atoms with Gasteiger partial charge in [-0.1, -0.05) is 12.1 Å². The molecule has 0 atom stereocenters. The van der Waals surface area contributed by atoms with Crippen LogP contribution in [0.4, 0.5) is 0 Å². The average molecular weight is 300 g/mol. The molecule has 0 bridgehead atoms. The van der Waals surface area contributed by atoms with E-state index in [4.69, 9.17) is 5.11 Å². The molecular formula is C12H16N2O5S. The van der Waals surface area contributed by atoms with Crippen LogP contribution in [0.3, 0.4) is 0 Å². The van der Waals surface area contributed by atoms with Gasteiger partial charge in [0.15, 0.2) is 0 Å². The summed E-state index contributed by atoms with van der Waals surface area (Å²) in [6, 6.07) is 5.81. The normalized spacial score (nSPS) is 11.1. The number of sulfonamides is 1. The Balaban J connectivity index is 2.58. The van der Waals surface area contributed by atoms with Gasteiger partial charge in [-0.05, 0) is 19.1 Å². The van der Waals surface area contributed by atoms with Gasteiger partial charge < -0.3 is 10.4 Å². The quantitative estimate of drug-likeness (QED) is 0.616. The van der Waals surface area contributed by atoms with Crippen LogP contribution in [-0.4, -0.2) is 44.2 Å². The molecule has 8 heteroatoms. The van der Waals surface area contributed by atoms with Crippen LogP contribution in [0.15, 0.2) is 24.3 Å². The lowest BCUT2D eigenvalue weighted by atomic mass is 10.1. The van der Waals surface area contributed by atoms with Crippen LogP contribution in [0.1, 0.15) is 27.6 Å². The topological polar surface area (TPSA) is 113 Å². The van der Waals surface area contributed by atoms with Crippen molar-refractivity contribution in [2.24, 2.45) is 0 Å². The van der Waals surface area contributed by atoms with E-state index in [-0.39, 0.29) is 30.0 Å². The van der Waals surface area contributed by atoms with Crippen molar-refractivity contribution in [3.63, 3.8) is 0 Å². The van der Waals surface area contributed by atoms with Gasteiger partial charge in [0, 0.05) is 13.1 Å². The minimum Gasteiger partial charge on any atom is -0.478 e. The van der Waals surface area contributed by atoms with Gasteiger partial charge in [0.2, 0.25) is 10.0 Å². The lowest BCUT2D eigenvalue weighted by Gasteiger charge is -2.08. The van der Waals surface area contributed by atoms with Gasteiger partial charge in [-0.2, -0.15) is 0 Å². The molecule has 1 rings (SSSR count). The molecule has 0 fully saturated rings. The second kappa shape index (κ2) is 7.01. The summed E-state index contributed by atoms with van der Waals surface area (Å²) in [5, 5.41) is 11.4. The number of carbonyl (C=O) groups excluding carboxylic acids is 1. The van der Waals surface area contributed by atoms with E-state index in [1.54, 1.807) is 6.07 Å². The van der Waals surface area contributed by atoms with Crippen LogP contribution in [0.2, 0.25) is 0 Å². The van der Waals surface area contributed by atoms with Crippen molar-refractivity contribution in [2.75, 3.05) is 18.8 Å². The van der Waals surface area contributed by atoms with E-state index in [9.17, 15) is 18.0 Å². The van der Waals surface area contributed by atoms with Crippen molar-refractivity contribution in [3.05, 3.63) is 35.4 Å². The first-order valence-corrected chi connectivity index (χ1v) is 7.60. The van der Waals surface area contributed by atoms with Crippen molar-refractivity contribution in [1.29, 1.82) is 0 Å². The Hall–Kier alpha value is -1.93. The van der Waals surface area contributed by atoms with Crippen LogP contribution in [-0.2, 0) is 10.0 Å². The highest BCUT2D eigenvalue weighted by atomic mass is 32.2. The Bertz CT molecular complexity index is 598. The second-order valence-electron chi connectivity index (χ2n) is 3.90. The molecule has 3 N–H and O–H groups in total. The van der Waals surface area contributed by atoms with E-state index >= 15 is 0 Å². The number of benzene rings is 1. The predicted octanol–water partition coefficient (Wildman–Crippen LogP) is 0.0539. The zero-order chi connectivity index (χ0) is 15.2. The van der Waals surface area contributed by atoms with Crippen LogP contribution < -0.4 is 10.0 Å². The Morgan fingerprint density at radius 1 is 1.15 bits per heavy atom. The fourth-order valence-corrected chi connectivity index (χ4v) is 2.06. The summed E-state index contributed by atoms with van der Waals surface area (Å²) < 4.78 is 24.6. The summed E-state index contributed by atoms with van der Waals surface area (Å²) >= 11 is 0. The molecule has 7 nitrogen and oxygen atoms in total. The molecular weight excluding hydrogens is 284 g/mol. The van der Waals surface area contributed by atoms with E-state index in [2.05, 4.69) is 10.0 Å². The number of carboxylic acids is 1. The SMILES string of the molecule is CCS(=O)(=O)NCCNC(=O)c1ccccc1C(=O)O. The minimum absolute atomic E-state index is 0.0389. The van der Waals surface area contributed by atoms with Gasteiger partial charge in [0.05, 0.1) is 16.9 Å². The first-order chi connectivity index (χ1) is 9.37. The zero-order valence-electron chi connectivity index (χ0n) is 10.9. The second-order valence-corrected chi connectivity index (χ2v) is 6.00. The maximum absolute atomic E-state index is 11.8. The predicted molar refractivity (Wildman–Crippen MR) is 73.2 cm³/mol. The molecule has 0 radical (unpaired) electrons. The maximum atomic E-state index is 11.8. The van der Waals surface area contributed by atoms with Crippen LogP contribution in [0.5, 0.6) is 0 Å². The number of hydrogen-bond acceptors (Lipinski definition) is 4. The first kappa shape index (κ1) is 16.1. The monoisotopic (exact) mass is 300 g/mol. The highest BCUT2D eigenvalue weighted by Gasteiger charge is 2.15. The Morgan fingerprint density at radius 2 is 1.75 bits per heavy atom. The van der Waals surface area contributed by atoms with Crippen molar-refractivity contribution < 1.29 is 23.1 Å². The maximum Gasteiger partial charge on any atom is 0.336 e. The fraction of sp³-hybridized carbons (Fsp3) is 0.333. The average Bonchev–Trinajstić information content (AvgIpc) is 2.43. The molecule has 0 saturated heterocycles. The third kappa shape index (κ3) is 4.63. The number of carbonyl (C=O) groups is 2. The van der Waals surface area contributed by atoms with Gasteiger partial charge in [-0.25, -0.2) is 17.9 Å². The molecule has 0 aliphatic rings. The van der Waals surface area contributed by atoms with E-state index in [1.165, 1.54) is 25.1 Å². The Kier molecular flexibility index (Phi) is 5.66. The number of hydrogen-bond donors (Lipinski definition) is 3. The van der Waals surface area contributed by atoms with Crippen molar-refractivity contribution in [1.82, 2.24) is 10.0 Å². The number of amides is 1. The Morgan fingerprint density at radius 3 is 2.30 bits per heavy atom. The lowest BCUT2D eigenvalue weighted by molar-refractivity contribution is 0.0691. The van der Waals surface area contributed by atoms with E-state index in [1.807, 2.05) is 0 Å². The van der Waals surface area contributed by atoms with Crippen LogP contribution in [0.25, 0.3) is 0 Å². The third-order valence-electron chi connectivity index (χ3n) is 2.51. The summed E-state index contributed by atoms with van der Waals surface area (Å²) in [5.41, 5.74) is -0.0579. The van der Waals surface area contributed by atoms with Crippen LogP contribution in [0, 0.1) is 0 Å². The first-order valence-electron chi connectivity index (χ1n) is 5.95. The summed E-state index contributed by atoms with van der Waals surface area (Å²) in [4.78, 5) is 22.8. The molecule has 0 unspecified atom stereocenters. The van der Waals surface area contributed by atoms with Crippen LogP contribution >= 0.6 is 0 Å². The molecule has 0 heterocycles. The van der Waals surface area contributed by atoms with Crippen molar-refractivity contribution in [3.8, 4) is 0 Å². The molecule has 110 valence electrons. The zero-order valence-corrected chi connectivity index (χ0v) is 11.7. The summed E-state index contributed by atoms with van der Waals surface area (Å²) in [6.07, 6.45) is 0. The largest absolute Gasteiger partial charge is 0.478 e. The fourth-order valence-electron chi connectivity index (χ4n) is 1.45. The number of carboxylic acid groups (broad SMARTS) is 1. The van der Waals surface area contributed by atoms with Gasteiger partial charge in [-0.3, -0.25) is 4.79 Å². The molecule has 1 aromatic carbocycles. The van der Waals surface area contributed by atoms with E-state index < -0.39 is 21.9 Å². The molecule has 0 aliphatic heterocycles. The number of nitrogens with one attached hydrogen (secondary N) is 2. The van der Waals surface area contributed by atoms with E-state index in [0.29, 0.717) is 0 Å². The van der Waals surface area contributed by atoms with E-state index in [0.717, 1.165) is 0 Å². The molecule has 0 saturated carbocycles. The lowest BCUT2D eigenvalue weighted by Crippen LogP contribution is -2.35. The number of rotatable bonds is 7. The van der Waals surface area contributed by atoms with Gasteiger partial charge >= 0.3 is 5.97 Å².